The average Bonchev–Trinajstić information content (AvgIpc) is 2.84. The van der Waals surface area contributed by atoms with Crippen LogP contribution in [0.2, 0.25) is 0 Å². The quantitative estimate of drug-likeness (QED) is 0.888. The molecule has 102 valence electrons. The fourth-order valence-corrected chi connectivity index (χ4v) is 4.87. The number of thiophene rings is 1. The topological polar surface area (TPSA) is 109 Å². The van der Waals surface area contributed by atoms with Gasteiger partial charge in [0.15, 0.2) is 0 Å². The van der Waals surface area contributed by atoms with Gasteiger partial charge in [-0.3, -0.25) is 4.72 Å². The second-order valence-electron chi connectivity index (χ2n) is 3.61. The fraction of sp³-hybridized carbons (Fsp3) is 0.222. The molecular formula is C9H9N3O4S3. The van der Waals surface area contributed by atoms with Gasteiger partial charge in [-0.2, -0.15) is 0 Å². The van der Waals surface area contributed by atoms with Crippen molar-refractivity contribution in [2.75, 3.05) is 4.72 Å². The Balaban J connectivity index is 2.45. The molecular weight excluding hydrogens is 310 g/mol. The largest absolute Gasteiger partial charge is 0.477 e. The highest BCUT2D eigenvalue weighted by atomic mass is 32.2. The molecule has 2 aromatic rings. The minimum absolute atomic E-state index is 0.111. The van der Waals surface area contributed by atoms with E-state index in [4.69, 9.17) is 5.11 Å². The van der Waals surface area contributed by atoms with Crippen molar-refractivity contribution in [1.29, 1.82) is 0 Å². The van der Waals surface area contributed by atoms with Crippen LogP contribution in [0.3, 0.4) is 0 Å². The molecule has 0 spiro atoms. The monoisotopic (exact) mass is 319 g/mol. The van der Waals surface area contributed by atoms with Crippen LogP contribution in [0.4, 0.5) is 5.13 Å². The number of carboxylic acids is 1. The van der Waals surface area contributed by atoms with E-state index in [-0.39, 0.29) is 14.9 Å². The van der Waals surface area contributed by atoms with Crippen molar-refractivity contribution >= 4 is 43.8 Å². The van der Waals surface area contributed by atoms with Gasteiger partial charge in [0.1, 0.15) is 14.8 Å². The highest BCUT2D eigenvalue weighted by molar-refractivity contribution is 7.93. The smallest absolute Gasteiger partial charge is 0.347 e. The molecule has 19 heavy (non-hydrogen) atoms. The first-order valence-corrected chi connectivity index (χ1v) is 8.13. The number of rotatable bonds is 4. The second-order valence-corrected chi connectivity index (χ2v) is 7.29. The zero-order valence-corrected chi connectivity index (χ0v) is 12.3. The Bertz CT molecular complexity index is 732. The Kier molecular flexibility index (Phi) is 3.56. The Morgan fingerprint density at radius 3 is 2.58 bits per heavy atom. The number of hydrogen-bond acceptors (Lipinski definition) is 7. The predicted octanol–water partition coefficient (Wildman–Crippen LogP) is 1.72. The van der Waals surface area contributed by atoms with Crippen molar-refractivity contribution in [2.45, 2.75) is 18.7 Å². The van der Waals surface area contributed by atoms with Crippen molar-refractivity contribution in [3.63, 3.8) is 0 Å². The number of aryl methyl sites for hydroxylation is 2. The zero-order chi connectivity index (χ0) is 14.2. The average molecular weight is 319 g/mol. The van der Waals surface area contributed by atoms with Gasteiger partial charge in [0.25, 0.3) is 10.0 Å². The van der Waals surface area contributed by atoms with E-state index >= 15 is 0 Å². The van der Waals surface area contributed by atoms with Crippen LogP contribution < -0.4 is 4.72 Å². The van der Waals surface area contributed by atoms with Crippen LogP contribution >= 0.6 is 22.7 Å². The van der Waals surface area contributed by atoms with E-state index in [2.05, 4.69) is 14.9 Å². The van der Waals surface area contributed by atoms with Crippen LogP contribution in [-0.2, 0) is 10.0 Å². The third kappa shape index (κ3) is 2.74. The van der Waals surface area contributed by atoms with Crippen LogP contribution in [-0.4, -0.2) is 29.7 Å². The minimum atomic E-state index is -3.98. The molecule has 0 aliphatic carbocycles. The van der Waals surface area contributed by atoms with Crippen molar-refractivity contribution in [1.82, 2.24) is 10.2 Å². The van der Waals surface area contributed by atoms with Crippen molar-refractivity contribution < 1.29 is 18.3 Å². The summed E-state index contributed by atoms with van der Waals surface area (Å²) in [5.41, 5.74) is 0.385. The predicted molar refractivity (Wildman–Crippen MR) is 71.5 cm³/mol. The lowest BCUT2D eigenvalue weighted by Crippen LogP contribution is -2.16. The number of nitrogens with one attached hydrogen (secondary N) is 1. The van der Waals surface area contributed by atoms with Gasteiger partial charge in [0.05, 0.1) is 0 Å². The lowest BCUT2D eigenvalue weighted by atomic mass is 10.3. The van der Waals surface area contributed by atoms with E-state index < -0.39 is 16.0 Å². The number of aromatic nitrogens is 2. The Hall–Kier alpha value is -1.52. The van der Waals surface area contributed by atoms with Crippen LogP contribution in [0.15, 0.2) is 10.3 Å². The number of sulfonamides is 1. The normalized spacial score (nSPS) is 11.5. The maximum atomic E-state index is 12.2. The van der Waals surface area contributed by atoms with Crippen molar-refractivity contribution in [3.8, 4) is 0 Å². The molecule has 0 atom stereocenters. The lowest BCUT2D eigenvalue weighted by Gasteiger charge is -2.05. The molecule has 2 heterocycles. The summed E-state index contributed by atoms with van der Waals surface area (Å²) < 4.78 is 26.6. The first-order valence-electron chi connectivity index (χ1n) is 4.95. The van der Waals surface area contributed by atoms with Gasteiger partial charge >= 0.3 is 5.97 Å². The first-order chi connectivity index (χ1) is 8.81. The van der Waals surface area contributed by atoms with E-state index in [1.807, 2.05) is 0 Å². The molecule has 0 fully saturated rings. The molecule has 0 aromatic carbocycles. The molecule has 2 N–H and O–H groups in total. The van der Waals surface area contributed by atoms with E-state index in [0.29, 0.717) is 10.6 Å². The van der Waals surface area contributed by atoms with Gasteiger partial charge < -0.3 is 5.11 Å². The van der Waals surface area contributed by atoms with Crippen LogP contribution in [0.25, 0.3) is 0 Å². The second kappa shape index (κ2) is 4.87. The molecule has 7 nitrogen and oxygen atoms in total. The van der Waals surface area contributed by atoms with E-state index in [1.165, 1.54) is 5.38 Å². The maximum absolute atomic E-state index is 12.2. The molecule has 0 saturated carbocycles. The molecule has 0 bridgehead atoms. The molecule has 0 aliphatic heterocycles. The summed E-state index contributed by atoms with van der Waals surface area (Å²) in [4.78, 5) is 10.6. The van der Waals surface area contributed by atoms with E-state index in [1.54, 1.807) is 13.8 Å². The maximum Gasteiger partial charge on any atom is 0.347 e. The fourth-order valence-electron chi connectivity index (χ4n) is 1.42. The van der Waals surface area contributed by atoms with Crippen LogP contribution in [0, 0.1) is 13.8 Å². The number of carbonyl (C=O) groups is 1. The van der Waals surface area contributed by atoms with Crippen LogP contribution in [0.5, 0.6) is 0 Å². The summed E-state index contributed by atoms with van der Waals surface area (Å²) >= 11 is 1.95. The van der Waals surface area contributed by atoms with Crippen molar-refractivity contribution in [3.05, 3.63) is 20.8 Å². The SMILES string of the molecule is Cc1nnc(NS(=O)(=O)c2c(C)csc2C(=O)O)s1. The standard InChI is InChI=1S/C9H9N3O4S3/c1-4-3-17-6(8(13)14)7(4)19(15,16)12-9-11-10-5(2)18-9/h3H,1-2H3,(H,11,12)(H,13,14). The lowest BCUT2D eigenvalue weighted by molar-refractivity contribution is 0.0698. The minimum Gasteiger partial charge on any atom is -0.477 e. The Labute approximate surface area is 117 Å². The van der Waals surface area contributed by atoms with Gasteiger partial charge in [-0.25, -0.2) is 13.2 Å². The molecule has 10 heteroatoms. The summed E-state index contributed by atoms with van der Waals surface area (Å²) in [7, 11) is -3.98. The summed E-state index contributed by atoms with van der Waals surface area (Å²) in [6.07, 6.45) is 0. The van der Waals surface area contributed by atoms with Gasteiger partial charge in [-0.1, -0.05) is 11.3 Å². The number of aromatic carboxylic acids is 1. The molecule has 0 amide bonds. The van der Waals surface area contributed by atoms with Crippen molar-refractivity contribution in [2.24, 2.45) is 0 Å². The highest BCUT2D eigenvalue weighted by Crippen LogP contribution is 2.29. The van der Waals surface area contributed by atoms with Gasteiger partial charge in [-0.15, -0.1) is 21.5 Å². The highest BCUT2D eigenvalue weighted by Gasteiger charge is 2.27. The summed E-state index contributed by atoms with van der Waals surface area (Å²) in [5.74, 6) is -1.27. The van der Waals surface area contributed by atoms with Gasteiger partial charge in [0.2, 0.25) is 5.13 Å². The summed E-state index contributed by atoms with van der Waals surface area (Å²) in [6, 6.07) is 0. The number of hydrogen-bond donors (Lipinski definition) is 2. The number of anilines is 1. The number of carboxylic acid groups (broad SMARTS) is 1. The molecule has 0 saturated heterocycles. The Morgan fingerprint density at radius 2 is 2.05 bits per heavy atom. The summed E-state index contributed by atoms with van der Waals surface area (Å²) in [6.45, 7) is 3.23. The molecule has 0 unspecified atom stereocenters. The molecule has 0 radical (unpaired) electrons. The number of nitrogens with zero attached hydrogens (tertiary/aromatic N) is 2. The Morgan fingerprint density at radius 1 is 1.37 bits per heavy atom. The zero-order valence-electron chi connectivity index (χ0n) is 9.87. The van der Waals surface area contributed by atoms with E-state index in [9.17, 15) is 13.2 Å². The van der Waals surface area contributed by atoms with E-state index in [0.717, 1.165) is 22.7 Å². The third-order valence-electron chi connectivity index (χ3n) is 2.13. The first kappa shape index (κ1) is 13.9. The van der Waals surface area contributed by atoms with Crippen LogP contribution in [0.1, 0.15) is 20.2 Å². The summed E-state index contributed by atoms with van der Waals surface area (Å²) in [5, 5.41) is 18.6. The third-order valence-corrected chi connectivity index (χ3v) is 5.75. The molecule has 0 aliphatic rings. The van der Waals surface area contributed by atoms with Gasteiger partial charge in [-0.05, 0) is 24.8 Å². The molecule has 2 aromatic heterocycles. The van der Waals surface area contributed by atoms with Gasteiger partial charge in [0, 0.05) is 0 Å². The molecule has 2 rings (SSSR count).